The van der Waals surface area contributed by atoms with Gasteiger partial charge in [-0.2, -0.15) is 0 Å². The van der Waals surface area contributed by atoms with E-state index in [1.165, 1.54) is 0 Å². The Bertz CT molecular complexity index is 49.5. The Labute approximate surface area is 56.9 Å². The standard InChI is InChI=1S/C2H5NS2.Mo/c1-3-2(4)5;/h1H3,(H2,3,4,5);/q;+1/p-1. The van der Waals surface area contributed by atoms with Gasteiger partial charge in [0.2, 0.25) is 0 Å². The molecule has 0 aliphatic carbocycles. The molecule has 0 amide bonds. The summed E-state index contributed by atoms with van der Waals surface area (Å²) in [7, 11) is 3.38. The molecule has 0 aliphatic rings. The number of nitrogens with one attached hydrogen (secondary N) is 1. The zero-order chi connectivity index (χ0) is 4.99. The summed E-state index contributed by atoms with van der Waals surface area (Å²) in [5.74, 6) is 0. The summed E-state index contributed by atoms with van der Waals surface area (Å²) in [4.78, 5) is 0. The van der Waals surface area contributed by atoms with Gasteiger partial charge in [0.1, 0.15) is 0 Å². The van der Waals surface area contributed by atoms with Gasteiger partial charge in [0.15, 0.2) is 0 Å². The first-order valence-electron chi connectivity index (χ1n) is 1.32. The average Bonchev–Trinajstić information content (AvgIpc) is 1.65. The summed E-state index contributed by atoms with van der Waals surface area (Å²) < 4.78 is 0.847. The predicted molar refractivity (Wildman–Crippen MR) is 29.2 cm³/mol. The van der Waals surface area contributed by atoms with Crippen LogP contribution in [0.3, 0.4) is 0 Å². The second-order valence-electron chi connectivity index (χ2n) is 0.621. The first kappa shape index (κ1) is 6.93. The van der Waals surface area contributed by atoms with Gasteiger partial charge in [-0.1, -0.05) is 0 Å². The van der Waals surface area contributed by atoms with Crippen molar-refractivity contribution in [3.8, 4) is 0 Å². The Hall–Kier alpha value is 0.928. The molecular formula is C2H4MoNS2. The first-order valence-corrected chi connectivity index (χ1v) is 4.93. The van der Waals surface area contributed by atoms with Gasteiger partial charge in [0.05, 0.1) is 0 Å². The van der Waals surface area contributed by atoms with E-state index in [1.807, 2.05) is 25.6 Å². The van der Waals surface area contributed by atoms with Crippen LogP contribution >= 0.6 is 21.7 Å². The van der Waals surface area contributed by atoms with E-state index < -0.39 is 0 Å². The van der Waals surface area contributed by atoms with Crippen molar-refractivity contribution >= 4 is 26.0 Å². The third-order valence-electron chi connectivity index (χ3n) is 0.280. The van der Waals surface area contributed by atoms with Gasteiger partial charge in [-0.25, -0.2) is 0 Å². The molecule has 0 unspecified atom stereocenters. The molecule has 0 aromatic carbocycles. The second kappa shape index (κ2) is 4.10. The molecule has 0 saturated carbocycles. The van der Waals surface area contributed by atoms with Crippen molar-refractivity contribution in [2.45, 2.75) is 0 Å². The zero-order valence-electron chi connectivity index (χ0n) is 3.22. The molecule has 0 aliphatic heterocycles. The summed E-state index contributed by atoms with van der Waals surface area (Å²) in [5, 5.41) is 2.81. The zero-order valence-corrected chi connectivity index (χ0v) is 6.86. The van der Waals surface area contributed by atoms with Gasteiger partial charge in [-0.15, -0.1) is 0 Å². The quantitative estimate of drug-likeness (QED) is 0.458. The summed E-state index contributed by atoms with van der Waals surface area (Å²) >= 11 is 6.59. The van der Waals surface area contributed by atoms with Gasteiger partial charge < -0.3 is 0 Å². The molecule has 6 heavy (non-hydrogen) atoms. The molecule has 0 radical (unpaired) electrons. The molecule has 1 nitrogen and oxygen atoms in total. The van der Waals surface area contributed by atoms with E-state index in [0.717, 1.165) is 4.32 Å². The number of hydrogen-bond donors (Lipinski definition) is 1. The van der Waals surface area contributed by atoms with Crippen LogP contribution in [0.15, 0.2) is 0 Å². The number of thiocarbonyl (C=S) groups is 1. The third kappa shape index (κ3) is 3.13. The van der Waals surface area contributed by atoms with E-state index in [2.05, 4.69) is 5.32 Å². The van der Waals surface area contributed by atoms with Gasteiger partial charge >= 0.3 is 56.9 Å². The third-order valence-corrected chi connectivity index (χ3v) is 3.16. The van der Waals surface area contributed by atoms with Crippen LogP contribution in [0.5, 0.6) is 0 Å². The van der Waals surface area contributed by atoms with Crippen LogP contribution in [-0.4, -0.2) is 11.4 Å². The first-order chi connectivity index (χ1) is 2.81. The summed E-state index contributed by atoms with van der Waals surface area (Å²) in [6, 6.07) is 0. The van der Waals surface area contributed by atoms with Crippen molar-refractivity contribution in [3.63, 3.8) is 0 Å². The van der Waals surface area contributed by atoms with Gasteiger partial charge in [0, 0.05) is 0 Å². The van der Waals surface area contributed by atoms with Crippen LogP contribution in [-0.2, 0) is 18.5 Å². The van der Waals surface area contributed by atoms with E-state index in [0.29, 0.717) is 0 Å². The Balaban J connectivity index is 2.99. The van der Waals surface area contributed by atoms with Crippen LogP contribution < -0.4 is 5.32 Å². The molecule has 4 heteroatoms. The van der Waals surface area contributed by atoms with E-state index in [4.69, 9.17) is 12.2 Å². The summed E-state index contributed by atoms with van der Waals surface area (Å²) in [5.41, 5.74) is 0. The Kier molecular flexibility index (Phi) is 4.73. The maximum atomic E-state index is 4.71. The average molecular weight is 202 g/mol. The number of rotatable bonds is 0. The SMILES string of the molecule is CNC(=S)[S][Mo]. The molecule has 0 saturated heterocycles. The van der Waals surface area contributed by atoms with Crippen molar-refractivity contribution in [2.24, 2.45) is 0 Å². The fourth-order valence-corrected chi connectivity index (χ4v) is 0.740. The molecule has 0 atom stereocenters. The molecule has 0 rings (SSSR count). The molecule has 0 spiro atoms. The maximum absolute atomic E-state index is 4.71. The molecule has 0 aromatic heterocycles. The molecule has 0 aromatic rings. The predicted octanol–water partition coefficient (Wildman–Crippen LogP) is 0.686. The van der Waals surface area contributed by atoms with Crippen LogP contribution in [0, 0.1) is 0 Å². The normalized spacial score (nSPS) is 7.50. The van der Waals surface area contributed by atoms with E-state index in [1.54, 1.807) is 9.47 Å². The molecule has 0 fully saturated rings. The Morgan fingerprint density at radius 1 is 2.00 bits per heavy atom. The molecular weight excluding hydrogens is 198 g/mol. The summed E-state index contributed by atoms with van der Waals surface area (Å²) in [6.45, 7) is 0. The van der Waals surface area contributed by atoms with Crippen molar-refractivity contribution in [1.29, 1.82) is 0 Å². The van der Waals surface area contributed by atoms with Crippen molar-refractivity contribution in [3.05, 3.63) is 0 Å². The van der Waals surface area contributed by atoms with E-state index in [9.17, 15) is 0 Å². The fourth-order valence-electron chi connectivity index (χ4n) is 0.0417. The van der Waals surface area contributed by atoms with Gasteiger partial charge in [-0.3, -0.25) is 0 Å². The minimum atomic E-state index is 0.847. The second-order valence-corrected chi connectivity index (χ2v) is 3.09. The van der Waals surface area contributed by atoms with E-state index in [-0.39, 0.29) is 0 Å². The van der Waals surface area contributed by atoms with Crippen LogP contribution in [0.25, 0.3) is 0 Å². The van der Waals surface area contributed by atoms with Crippen LogP contribution in [0.1, 0.15) is 0 Å². The van der Waals surface area contributed by atoms with Crippen LogP contribution in [0.4, 0.5) is 0 Å². The Morgan fingerprint density at radius 3 is 2.50 bits per heavy atom. The van der Waals surface area contributed by atoms with Crippen LogP contribution in [0.2, 0.25) is 0 Å². The topological polar surface area (TPSA) is 12.0 Å². The molecule has 0 heterocycles. The van der Waals surface area contributed by atoms with Gasteiger partial charge in [-0.05, 0) is 0 Å². The molecule has 35 valence electrons. The van der Waals surface area contributed by atoms with E-state index >= 15 is 0 Å². The molecule has 0 bridgehead atoms. The Morgan fingerprint density at radius 2 is 2.50 bits per heavy atom. The minimum absolute atomic E-state index is 0.847. The van der Waals surface area contributed by atoms with Crippen molar-refractivity contribution < 1.29 is 18.5 Å². The van der Waals surface area contributed by atoms with Crippen molar-refractivity contribution in [1.82, 2.24) is 5.32 Å². The summed E-state index contributed by atoms with van der Waals surface area (Å²) in [6.07, 6.45) is 0. The monoisotopic (exact) mass is 204 g/mol. The number of hydrogen-bond acceptors (Lipinski definition) is 2. The van der Waals surface area contributed by atoms with Gasteiger partial charge in [0.25, 0.3) is 0 Å². The fraction of sp³-hybridized carbons (Fsp3) is 0.500. The molecule has 1 N–H and O–H groups in total. The van der Waals surface area contributed by atoms with Crippen molar-refractivity contribution in [2.75, 3.05) is 7.05 Å².